The molecule has 1 fully saturated rings. The number of methoxy groups -OCH3 is 1. The molecule has 1 unspecified atom stereocenters. The van der Waals surface area contributed by atoms with E-state index in [4.69, 9.17) is 4.74 Å². The van der Waals surface area contributed by atoms with E-state index in [0.29, 0.717) is 5.92 Å². The predicted molar refractivity (Wildman–Crippen MR) is 56.1 cm³/mol. The topological polar surface area (TPSA) is 38.3 Å². The number of nitrogens with one attached hydrogen (secondary N) is 1. The lowest BCUT2D eigenvalue weighted by Crippen LogP contribution is -2.37. The Morgan fingerprint density at radius 3 is 2.57 bits per heavy atom. The molecule has 0 aromatic carbocycles. The van der Waals surface area contributed by atoms with Crippen LogP contribution in [0.25, 0.3) is 0 Å². The van der Waals surface area contributed by atoms with Crippen molar-refractivity contribution in [2.24, 2.45) is 5.92 Å². The van der Waals surface area contributed by atoms with Crippen LogP contribution >= 0.6 is 0 Å². The molecule has 0 aromatic rings. The SMILES string of the molecule is CNC(CC1CCCCC1)C(=O)OC. The molecule has 0 radical (unpaired) electrons. The third-order valence-corrected chi connectivity index (χ3v) is 3.13. The normalized spacial score (nSPS) is 20.4. The molecule has 14 heavy (non-hydrogen) atoms. The third kappa shape index (κ3) is 3.29. The Hall–Kier alpha value is -0.570. The Labute approximate surface area is 86.2 Å². The summed E-state index contributed by atoms with van der Waals surface area (Å²) >= 11 is 0. The van der Waals surface area contributed by atoms with Gasteiger partial charge in [-0.3, -0.25) is 4.79 Å². The van der Waals surface area contributed by atoms with E-state index in [0.717, 1.165) is 6.42 Å². The smallest absolute Gasteiger partial charge is 0.322 e. The van der Waals surface area contributed by atoms with Crippen LogP contribution in [0.2, 0.25) is 0 Å². The fourth-order valence-electron chi connectivity index (χ4n) is 2.23. The van der Waals surface area contributed by atoms with E-state index in [9.17, 15) is 4.79 Å². The summed E-state index contributed by atoms with van der Waals surface area (Å²) in [5.74, 6) is 0.582. The average molecular weight is 199 g/mol. The molecule has 1 aliphatic rings. The minimum Gasteiger partial charge on any atom is -0.468 e. The zero-order valence-electron chi connectivity index (χ0n) is 9.21. The average Bonchev–Trinajstić information content (AvgIpc) is 2.26. The molecule has 3 nitrogen and oxygen atoms in total. The fraction of sp³-hybridized carbons (Fsp3) is 0.909. The Morgan fingerprint density at radius 2 is 2.07 bits per heavy atom. The van der Waals surface area contributed by atoms with Crippen molar-refractivity contribution in [1.82, 2.24) is 5.32 Å². The first-order valence-corrected chi connectivity index (χ1v) is 5.53. The lowest BCUT2D eigenvalue weighted by atomic mass is 9.85. The van der Waals surface area contributed by atoms with Crippen LogP contribution in [0.5, 0.6) is 0 Å². The van der Waals surface area contributed by atoms with Gasteiger partial charge in [0.2, 0.25) is 0 Å². The van der Waals surface area contributed by atoms with Crippen molar-refractivity contribution >= 4 is 5.97 Å². The molecular formula is C11H21NO2. The molecule has 1 atom stereocenters. The van der Waals surface area contributed by atoms with Gasteiger partial charge in [-0.05, 0) is 19.4 Å². The first-order chi connectivity index (χ1) is 6.77. The van der Waals surface area contributed by atoms with Gasteiger partial charge in [0.1, 0.15) is 6.04 Å². The number of esters is 1. The van der Waals surface area contributed by atoms with Gasteiger partial charge in [-0.15, -0.1) is 0 Å². The zero-order valence-corrected chi connectivity index (χ0v) is 9.21. The Morgan fingerprint density at radius 1 is 1.43 bits per heavy atom. The van der Waals surface area contributed by atoms with E-state index in [1.54, 1.807) is 0 Å². The molecule has 0 heterocycles. The van der Waals surface area contributed by atoms with Gasteiger partial charge in [-0.2, -0.15) is 0 Å². The van der Waals surface area contributed by atoms with E-state index >= 15 is 0 Å². The van der Waals surface area contributed by atoms with Gasteiger partial charge in [-0.1, -0.05) is 32.1 Å². The van der Waals surface area contributed by atoms with Crippen molar-refractivity contribution < 1.29 is 9.53 Å². The third-order valence-electron chi connectivity index (χ3n) is 3.13. The number of carbonyl (C=O) groups is 1. The first kappa shape index (κ1) is 11.5. The molecule has 1 aliphatic carbocycles. The Bertz CT molecular complexity index is 176. The van der Waals surface area contributed by atoms with Gasteiger partial charge in [-0.25, -0.2) is 0 Å². The molecule has 1 N–H and O–H groups in total. The highest BCUT2D eigenvalue weighted by molar-refractivity contribution is 5.75. The summed E-state index contributed by atoms with van der Waals surface area (Å²) in [6.07, 6.45) is 7.48. The Balaban J connectivity index is 2.34. The molecule has 82 valence electrons. The monoisotopic (exact) mass is 199 g/mol. The number of hydrogen-bond acceptors (Lipinski definition) is 3. The van der Waals surface area contributed by atoms with Crippen molar-refractivity contribution in [2.75, 3.05) is 14.2 Å². The number of carbonyl (C=O) groups excluding carboxylic acids is 1. The van der Waals surface area contributed by atoms with Gasteiger partial charge in [0.15, 0.2) is 0 Å². The minimum atomic E-state index is -0.127. The van der Waals surface area contributed by atoms with E-state index in [-0.39, 0.29) is 12.0 Å². The van der Waals surface area contributed by atoms with Crippen LogP contribution in [0, 0.1) is 5.92 Å². The van der Waals surface area contributed by atoms with E-state index < -0.39 is 0 Å². The summed E-state index contributed by atoms with van der Waals surface area (Å²) in [5.41, 5.74) is 0. The molecule has 1 saturated carbocycles. The maximum absolute atomic E-state index is 11.3. The second-order valence-electron chi connectivity index (χ2n) is 4.10. The predicted octanol–water partition coefficient (Wildman–Crippen LogP) is 1.72. The molecule has 0 saturated heterocycles. The molecule has 3 heteroatoms. The minimum absolute atomic E-state index is 0.108. The van der Waals surface area contributed by atoms with Crippen LogP contribution in [0.15, 0.2) is 0 Å². The second kappa shape index (κ2) is 6.02. The molecule has 0 amide bonds. The molecule has 0 aromatic heterocycles. The van der Waals surface area contributed by atoms with Gasteiger partial charge < -0.3 is 10.1 Å². The number of rotatable bonds is 4. The lowest BCUT2D eigenvalue weighted by molar-refractivity contribution is -0.143. The van der Waals surface area contributed by atoms with E-state index in [2.05, 4.69) is 5.32 Å². The number of ether oxygens (including phenoxy) is 1. The van der Waals surface area contributed by atoms with Gasteiger partial charge in [0, 0.05) is 0 Å². The lowest BCUT2D eigenvalue weighted by Gasteiger charge is -2.24. The van der Waals surface area contributed by atoms with E-state index in [1.165, 1.54) is 39.2 Å². The van der Waals surface area contributed by atoms with Crippen molar-refractivity contribution in [1.29, 1.82) is 0 Å². The fourth-order valence-corrected chi connectivity index (χ4v) is 2.23. The summed E-state index contributed by atoms with van der Waals surface area (Å²) in [5, 5.41) is 3.03. The van der Waals surface area contributed by atoms with Crippen molar-refractivity contribution in [3.63, 3.8) is 0 Å². The van der Waals surface area contributed by atoms with Crippen LogP contribution in [0.1, 0.15) is 38.5 Å². The van der Waals surface area contributed by atoms with Crippen LogP contribution in [-0.4, -0.2) is 26.2 Å². The highest BCUT2D eigenvalue weighted by atomic mass is 16.5. The van der Waals surface area contributed by atoms with Gasteiger partial charge in [0.25, 0.3) is 0 Å². The van der Waals surface area contributed by atoms with Crippen LogP contribution in [0.3, 0.4) is 0 Å². The van der Waals surface area contributed by atoms with E-state index in [1.807, 2.05) is 7.05 Å². The summed E-state index contributed by atoms with van der Waals surface area (Å²) in [6.45, 7) is 0. The second-order valence-corrected chi connectivity index (χ2v) is 4.10. The molecule has 0 bridgehead atoms. The summed E-state index contributed by atoms with van der Waals surface area (Å²) < 4.78 is 4.74. The summed E-state index contributed by atoms with van der Waals surface area (Å²) in [7, 11) is 3.28. The number of likely N-dealkylation sites (N-methyl/N-ethyl adjacent to an activating group) is 1. The van der Waals surface area contributed by atoms with Crippen molar-refractivity contribution in [2.45, 2.75) is 44.6 Å². The number of hydrogen-bond donors (Lipinski definition) is 1. The highest BCUT2D eigenvalue weighted by Gasteiger charge is 2.23. The molecule has 0 spiro atoms. The maximum Gasteiger partial charge on any atom is 0.322 e. The summed E-state index contributed by atoms with van der Waals surface area (Å²) in [6, 6.07) is -0.108. The van der Waals surface area contributed by atoms with Crippen molar-refractivity contribution in [3.05, 3.63) is 0 Å². The zero-order chi connectivity index (χ0) is 10.4. The van der Waals surface area contributed by atoms with Crippen LogP contribution in [0.4, 0.5) is 0 Å². The highest BCUT2D eigenvalue weighted by Crippen LogP contribution is 2.27. The van der Waals surface area contributed by atoms with Crippen LogP contribution < -0.4 is 5.32 Å². The largest absolute Gasteiger partial charge is 0.468 e. The molecule has 0 aliphatic heterocycles. The van der Waals surface area contributed by atoms with Gasteiger partial charge >= 0.3 is 5.97 Å². The molecule has 1 rings (SSSR count). The first-order valence-electron chi connectivity index (χ1n) is 5.53. The quantitative estimate of drug-likeness (QED) is 0.701. The van der Waals surface area contributed by atoms with Crippen molar-refractivity contribution in [3.8, 4) is 0 Å². The van der Waals surface area contributed by atoms with Crippen LogP contribution in [-0.2, 0) is 9.53 Å². The standard InChI is InChI=1S/C11H21NO2/c1-12-10(11(13)14-2)8-9-6-4-3-5-7-9/h9-10,12H,3-8H2,1-2H3. The maximum atomic E-state index is 11.3. The Kier molecular flexibility index (Phi) is 4.94. The summed E-state index contributed by atoms with van der Waals surface area (Å²) in [4.78, 5) is 11.3. The molecular weight excluding hydrogens is 178 g/mol. The van der Waals surface area contributed by atoms with Gasteiger partial charge in [0.05, 0.1) is 7.11 Å².